The van der Waals surface area contributed by atoms with Gasteiger partial charge in [-0.2, -0.15) is 0 Å². The first-order valence-corrected chi connectivity index (χ1v) is 6.64. The van der Waals surface area contributed by atoms with E-state index in [1.54, 1.807) is 0 Å². The Morgan fingerprint density at radius 1 is 1.11 bits per heavy atom. The third-order valence-electron chi connectivity index (χ3n) is 3.74. The minimum absolute atomic E-state index is 0.269. The molecule has 0 heterocycles. The molecule has 0 aliphatic carbocycles. The predicted molar refractivity (Wildman–Crippen MR) is 79.8 cm³/mol. The molecule has 19 heavy (non-hydrogen) atoms. The molecule has 0 atom stereocenters. The van der Waals surface area contributed by atoms with E-state index in [1.807, 2.05) is 31.2 Å². The maximum Gasteiger partial charge on any atom is 0.127 e. The molecule has 0 fully saturated rings. The van der Waals surface area contributed by atoms with Crippen molar-refractivity contribution in [2.45, 2.75) is 33.6 Å². The molecule has 2 heteroatoms. The minimum atomic E-state index is 0.269. The summed E-state index contributed by atoms with van der Waals surface area (Å²) >= 11 is 0. The van der Waals surface area contributed by atoms with Crippen molar-refractivity contribution in [1.29, 1.82) is 0 Å². The molecule has 0 amide bonds. The van der Waals surface area contributed by atoms with Crippen molar-refractivity contribution in [3.05, 3.63) is 47.0 Å². The molecular formula is C17H20O2. The van der Waals surface area contributed by atoms with Crippen molar-refractivity contribution >= 4 is 10.8 Å². The van der Waals surface area contributed by atoms with Crippen molar-refractivity contribution in [1.82, 2.24) is 0 Å². The largest absolute Gasteiger partial charge is 0.507 e. The maximum atomic E-state index is 10.4. The van der Waals surface area contributed by atoms with Gasteiger partial charge in [0.2, 0.25) is 0 Å². The number of rotatable bonds is 3. The van der Waals surface area contributed by atoms with Gasteiger partial charge in [-0.3, -0.25) is 0 Å². The third-order valence-corrected chi connectivity index (χ3v) is 3.74. The number of aromatic hydroxyl groups is 2. The fraction of sp³-hybridized carbons (Fsp3) is 0.294. The molecule has 100 valence electrons. The van der Waals surface area contributed by atoms with Gasteiger partial charge in [0.05, 0.1) is 0 Å². The maximum absolute atomic E-state index is 10.4. The van der Waals surface area contributed by atoms with Crippen LogP contribution in [0.15, 0.2) is 35.9 Å². The Hall–Kier alpha value is -1.96. The van der Waals surface area contributed by atoms with E-state index in [-0.39, 0.29) is 11.5 Å². The van der Waals surface area contributed by atoms with Gasteiger partial charge in [0, 0.05) is 16.3 Å². The van der Waals surface area contributed by atoms with Gasteiger partial charge in [0.25, 0.3) is 0 Å². The number of benzene rings is 2. The highest BCUT2D eigenvalue weighted by atomic mass is 16.3. The van der Waals surface area contributed by atoms with Crippen LogP contribution in [0.2, 0.25) is 0 Å². The van der Waals surface area contributed by atoms with Crippen LogP contribution in [0.25, 0.3) is 10.8 Å². The van der Waals surface area contributed by atoms with Gasteiger partial charge >= 0.3 is 0 Å². The molecule has 2 aromatic carbocycles. The lowest BCUT2D eigenvalue weighted by Crippen LogP contribution is -1.92. The van der Waals surface area contributed by atoms with E-state index < -0.39 is 0 Å². The second-order valence-electron chi connectivity index (χ2n) is 4.95. The zero-order valence-electron chi connectivity index (χ0n) is 11.7. The van der Waals surface area contributed by atoms with Crippen LogP contribution >= 0.6 is 0 Å². The van der Waals surface area contributed by atoms with Crippen molar-refractivity contribution in [3.63, 3.8) is 0 Å². The normalized spacial score (nSPS) is 12.1. The van der Waals surface area contributed by atoms with Crippen LogP contribution in [0.4, 0.5) is 0 Å². The summed E-state index contributed by atoms with van der Waals surface area (Å²) in [6.45, 7) is 6.04. The fourth-order valence-corrected chi connectivity index (χ4v) is 2.25. The monoisotopic (exact) mass is 256 g/mol. The Kier molecular flexibility index (Phi) is 3.79. The van der Waals surface area contributed by atoms with E-state index >= 15 is 0 Å². The van der Waals surface area contributed by atoms with E-state index in [4.69, 9.17) is 0 Å². The SMILES string of the molecule is CC/C(C)=C/Cc1c(C)c(O)c2ccccc2c1O. The molecule has 0 radical (unpaired) electrons. The number of fused-ring (bicyclic) bond motifs is 1. The lowest BCUT2D eigenvalue weighted by atomic mass is 9.96. The third kappa shape index (κ3) is 2.43. The average Bonchev–Trinajstić information content (AvgIpc) is 2.44. The summed E-state index contributed by atoms with van der Waals surface area (Å²) in [5.74, 6) is 0.553. The summed E-state index contributed by atoms with van der Waals surface area (Å²) in [5, 5.41) is 22.1. The highest BCUT2D eigenvalue weighted by Crippen LogP contribution is 2.39. The van der Waals surface area contributed by atoms with E-state index in [9.17, 15) is 10.2 Å². The lowest BCUT2D eigenvalue weighted by Gasteiger charge is -2.13. The van der Waals surface area contributed by atoms with Crippen LogP contribution in [0.3, 0.4) is 0 Å². The van der Waals surface area contributed by atoms with E-state index in [2.05, 4.69) is 19.9 Å². The molecule has 0 saturated carbocycles. The lowest BCUT2D eigenvalue weighted by molar-refractivity contribution is 0.461. The first-order valence-electron chi connectivity index (χ1n) is 6.64. The quantitative estimate of drug-likeness (QED) is 0.629. The first-order chi connectivity index (χ1) is 9.06. The highest BCUT2D eigenvalue weighted by Gasteiger charge is 2.14. The molecule has 2 aromatic rings. The van der Waals surface area contributed by atoms with Gasteiger partial charge in [0.15, 0.2) is 0 Å². The van der Waals surface area contributed by atoms with Crippen LogP contribution in [0.5, 0.6) is 11.5 Å². The van der Waals surface area contributed by atoms with Crippen molar-refractivity contribution < 1.29 is 10.2 Å². The zero-order chi connectivity index (χ0) is 14.0. The van der Waals surface area contributed by atoms with Crippen LogP contribution in [0, 0.1) is 6.92 Å². The van der Waals surface area contributed by atoms with Gasteiger partial charge in [-0.1, -0.05) is 42.8 Å². The second-order valence-corrected chi connectivity index (χ2v) is 4.95. The molecule has 0 saturated heterocycles. The number of phenols is 2. The number of allylic oxidation sites excluding steroid dienone is 2. The summed E-state index contributed by atoms with van der Waals surface area (Å²) in [4.78, 5) is 0. The highest BCUT2D eigenvalue weighted by molar-refractivity contribution is 5.95. The minimum Gasteiger partial charge on any atom is -0.507 e. The number of phenolic OH excluding ortho intramolecular Hbond substituents is 2. The molecule has 0 aliphatic rings. The molecule has 0 bridgehead atoms. The predicted octanol–water partition coefficient (Wildman–Crippen LogP) is 4.46. The Morgan fingerprint density at radius 3 is 2.26 bits per heavy atom. The van der Waals surface area contributed by atoms with Crippen LogP contribution < -0.4 is 0 Å². The molecule has 0 unspecified atom stereocenters. The zero-order valence-corrected chi connectivity index (χ0v) is 11.7. The Bertz CT molecular complexity index is 639. The van der Waals surface area contributed by atoms with Crippen LogP contribution in [-0.4, -0.2) is 10.2 Å². The van der Waals surface area contributed by atoms with Crippen molar-refractivity contribution in [2.75, 3.05) is 0 Å². The summed E-state index contributed by atoms with van der Waals surface area (Å²) in [7, 11) is 0. The van der Waals surface area contributed by atoms with Gasteiger partial charge in [0.1, 0.15) is 11.5 Å². The van der Waals surface area contributed by atoms with E-state index in [0.717, 1.165) is 17.5 Å². The first kappa shape index (κ1) is 13.5. The summed E-state index contributed by atoms with van der Waals surface area (Å²) in [6.07, 6.45) is 3.76. The standard InChI is InChI=1S/C17H20O2/c1-4-11(2)9-10-13-12(3)16(18)14-7-5-6-8-15(14)17(13)19/h5-9,18-19H,4,10H2,1-3H3/b11-9+. The summed E-state index contributed by atoms with van der Waals surface area (Å²) < 4.78 is 0. The smallest absolute Gasteiger partial charge is 0.127 e. The number of hydrogen-bond donors (Lipinski definition) is 2. The van der Waals surface area contributed by atoms with Gasteiger partial charge < -0.3 is 10.2 Å². The second kappa shape index (κ2) is 5.35. The average molecular weight is 256 g/mol. The van der Waals surface area contributed by atoms with Crippen molar-refractivity contribution in [2.24, 2.45) is 0 Å². The Labute approximate surface area is 114 Å². The molecule has 0 aliphatic heterocycles. The van der Waals surface area contributed by atoms with Gasteiger partial charge in [-0.25, -0.2) is 0 Å². The Balaban J connectivity index is 2.61. The molecule has 0 aromatic heterocycles. The number of hydrogen-bond acceptors (Lipinski definition) is 2. The molecule has 0 spiro atoms. The molecule has 2 rings (SSSR count). The van der Waals surface area contributed by atoms with Gasteiger partial charge in [-0.15, -0.1) is 0 Å². The van der Waals surface area contributed by atoms with Gasteiger partial charge in [-0.05, 0) is 32.3 Å². The van der Waals surface area contributed by atoms with E-state index in [0.29, 0.717) is 17.2 Å². The Morgan fingerprint density at radius 2 is 1.68 bits per heavy atom. The topological polar surface area (TPSA) is 40.5 Å². The van der Waals surface area contributed by atoms with E-state index in [1.165, 1.54) is 5.57 Å². The fourth-order valence-electron chi connectivity index (χ4n) is 2.25. The summed E-state index contributed by atoms with van der Waals surface area (Å²) in [5.41, 5.74) is 2.85. The molecule has 2 N–H and O–H groups in total. The van der Waals surface area contributed by atoms with Crippen molar-refractivity contribution in [3.8, 4) is 11.5 Å². The molecular weight excluding hydrogens is 236 g/mol. The summed E-state index contributed by atoms with van der Waals surface area (Å²) in [6, 6.07) is 7.40. The molecule has 2 nitrogen and oxygen atoms in total. The van der Waals surface area contributed by atoms with Crippen LogP contribution in [-0.2, 0) is 6.42 Å². The van der Waals surface area contributed by atoms with Crippen LogP contribution in [0.1, 0.15) is 31.4 Å².